The van der Waals surface area contributed by atoms with Crippen LogP contribution in [0.15, 0.2) is 0 Å². The molecule has 0 aromatic carbocycles. The van der Waals surface area contributed by atoms with Gasteiger partial charge in [-0.2, -0.15) is 8.42 Å². The molecule has 8 heavy (non-hydrogen) atoms. The van der Waals surface area contributed by atoms with Crippen LogP contribution in [-0.4, -0.2) is 14.8 Å². The maximum atomic E-state index is 10.0. The van der Waals surface area contributed by atoms with Crippen LogP contribution in [0, 0.1) is 0 Å². The molecule has 6 nitrogen and oxygen atoms in total. The molecule has 0 saturated heterocycles. The van der Waals surface area contributed by atoms with Crippen molar-refractivity contribution in [3.8, 4) is 0 Å². The second-order valence-electron chi connectivity index (χ2n) is 0.857. The molecule has 4 N–H and O–H groups in total. The highest BCUT2D eigenvalue weighted by Gasteiger charge is 2.00. The number of nitrogens with two attached hydrogens (primary N) is 1. The third kappa shape index (κ3) is 2.50. The number of hydrazine groups is 1. The first-order chi connectivity index (χ1) is 3.62. The van der Waals surface area contributed by atoms with Gasteiger partial charge in [-0.25, -0.2) is 4.72 Å². The Kier molecular flexibility index (Phi) is 2.38. The maximum absolute atomic E-state index is 10.0. The van der Waals surface area contributed by atoms with Crippen LogP contribution in [0.2, 0.25) is 0 Å². The van der Waals surface area contributed by atoms with Crippen molar-refractivity contribution in [2.75, 3.05) is 0 Å². The van der Waals surface area contributed by atoms with Crippen LogP contribution in [-0.2, 0) is 15.0 Å². The molecule has 0 fully saturated rings. The standard InChI is InChI=1S/CH5N3O3S/c2-4-8(6,7)3-1-5/h1,4H,2H2,(H,3,5). The van der Waals surface area contributed by atoms with E-state index in [2.05, 4.69) is 5.84 Å². The van der Waals surface area contributed by atoms with Gasteiger partial charge in [-0.3, -0.25) is 10.6 Å². The minimum Gasteiger partial charge on any atom is -0.278 e. The third-order valence-corrected chi connectivity index (χ3v) is 1.08. The van der Waals surface area contributed by atoms with Crippen molar-refractivity contribution < 1.29 is 13.2 Å². The van der Waals surface area contributed by atoms with E-state index in [9.17, 15) is 13.2 Å². The van der Waals surface area contributed by atoms with Crippen LogP contribution in [0.3, 0.4) is 0 Å². The average molecular weight is 139 g/mol. The predicted octanol–water partition coefficient (Wildman–Crippen LogP) is -2.56. The molecule has 1 amide bonds. The molecule has 0 aromatic rings. The summed E-state index contributed by atoms with van der Waals surface area (Å²) in [4.78, 5) is 10.8. The Morgan fingerprint density at radius 3 is 2.12 bits per heavy atom. The second-order valence-corrected chi connectivity index (χ2v) is 2.34. The monoisotopic (exact) mass is 139 g/mol. The fourth-order valence-electron chi connectivity index (χ4n) is 0.0974. The molecule has 0 bridgehead atoms. The van der Waals surface area contributed by atoms with E-state index in [1.165, 1.54) is 9.55 Å². The van der Waals surface area contributed by atoms with Gasteiger partial charge in [-0.1, -0.05) is 0 Å². The fourth-order valence-corrected chi connectivity index (χ4v) is 0.292. The van der Waals surface area contributed by atoms with E-state index in [0.717, 1.165) is 0 Å². The lowest BCUT2D eigenvalue weighted by Gasteiger charge is -1.94. The normalized spacial score (nSPS) is 10.6. The first kappa shape index (κ1) is 7.34. The largest absolute Gasteiger partial charge is 0.313 e. The lowest BCUT2D eigenvalue weighted by atomic mass is 11.5. The predicted molar refractivity (Wildman–Crippen MR) is 25.4 cm³/mol. The highest BCUT2D eigenvalue weighted by atomic mass is 32.2. The number of hydrogen-bond acceptors (Lipinski definition) is 4. The Bertz CT molecular complexity index is 159. The minimum absolute atomic E-state index is 0.00912. The van der Waals surface area contributed by atoms with Crippen molar-refractivity contribution in [3.63, 3.8) is 0 Å². The SMILES string of the molecule is NNS(=O)(=O)NC=O. The average Bonchev–Trinajstić information content (AvgIpc) is 1.67. The second kappa shape index (κ2) is 2.60. The Hall–Kier alpha value is -0.660. The molecule has 0 rings (SSSR count). The number of hydrogen-bond donors (Lipinski definition) is 3. The molecule has 0 aliphatic heterocycles. The van der Waals surface area contributed by atoms with E-state index in [4.69, 9.17) is 0 Å². The molecule has 0 radical (unpaired) electrons. The number of rotatable bonds is 3. The van der Waals surface area contributed by atoms with Crippen molar-refractivity contribution in [3.05, 3.63) is 0 Å². The van der Waals surface area contributed by atoms with Crippen molar-refractivity contribution in [1.82, 2.24) is 9.55 Å². The lowest BCUT2D eigenvalue weighted by molar-refractivity contribution is -0.108. The summed E-state index contributed by atoms with van der Waals surface area (Å²) in [6, 6.07) is 0. The summed E-state index contributed by atoms with van der Waals surface area (Å²) in [5.74, 6) is 4.43. The molecular weight excluding hydrogens is 134 g/mol. The Balaban J connectivity index is 3.94. The van der Waals surface area contributed by atoms with E-state index >= 15 is 0 Å². The zero-order valence-electron chi connectivity index (χ0n) is 3.79. The van der Waals surface area contributed by atoms with E-state index in [1.807, 2.05) is 0 Å². The van der Waals surface area contributed by atoms with Crippen LogP contribution < -0.4 is 15.4 Å². The van der Waals surface area contributed by atoms with Gasteiger partial charge in [0, 0.05) is 0 Å². The van der Waals surface area contributed by atoms with E-state index in [1.54, 1.807) is 0 Å². The van der Waals surface area contributed by atoms with Gasteiger partial charge in [-0.15, -0.1) is 4.83 Å². The summed E-state index contributed by atoms with van der Waals surface area (Å²) in [5, 5.41) is 0. The van der Waals surface area contributed by atoms with Gasteiger partial charge < -0.3 is 0 Å². The summed E-state index contributed by atoms with van der Waals surface area (Å²) >= 11 is 0. The van der Waals surface area contributed by atoms with Gasteiger partial charge in [0.05, 0.1) is 0 Å². The first-order valence-corrected chi connectivity index (χ1v) is 3.04. The molecule has 7 heteroatoms. The van der Waals surface area contributed by atoms with Gasteiger partial charge in [0.25, 0.3) is 0 Å². The van der Waals surface area contributed by atoms with Crippen LogP contribution in [0.1, 0.15) is 0 Å². The highest BCUT2D eigenvalue weighted by molar-refractivity contribution is 7.87. The molecule has 48 valence electrons. The summed E-state index contributed by atoms with van der Waals surface area (Å²) in [5.41, 5.74) is 0. The van der Waals surface area contributed by atoms with Gasteiger partial charge in [-0.05, 0) is 0 Å². The topological polar surface area (TPSA) is 101 Å². The molecular formula is CH5N3O3S. The third-order valence-electron chi connectivity index (χ3n) is 0.358. The highest BCUT2D eigenvalue weighted by Crippen LogP contribution is 1.62. The number of carbonyl (C=O) groups is 1. The summed E-state index contributed by atoms with van der Waals surface area (Å²) in [7, 11) is -3.76. The van der Waals surface area contributed by atoms with E-state index in [0.29, 0.717) is 0 Å². The van der Waals surface area contributed by atoms with Crippen molar-refractivity contribution in [2.24, 2.45) is 5.84 Å². The molecule has 0 atom stereocenters. The molecule has 0 unspecified atom stereocenters. The van der Waals surface area contributed by atoms with Gasteiger partial charge in [0.15, 0.2) is 0 Å². The first-order valence-electron chi connectivity index (χ1n) is 1.55. The van der Waals surface area contributed by atoms with Crippen LogP contribution in [0.4, 0.5) is 0 Å². The van der Waals surface area contributed by atoms with Gasteiger partial charge in [0.2, 0.25) is 6.41 Å². The Morgan fingerprint density at radius 1 is 1.50 bits per heavy atom. The van der Waals surface area contributed by atoms with Crippen LogP contribution in [0.5, 0.6) is 0 Å². The zero-order chi connectivity index (χ0) is 6.62. The molecule has 0 aliphatic carbocycles. The van der Waals surface area contributed by atoms with Crippen molar-refractivity contribution in [2.45, 2.75) is 0 Å². The number of nitrogens with one attached hydrogen (secondary N) is 2. The molecule has 0 saturated carbocycles. The molecule has 0 aliphatic rings. The Labute approximate surface area is 46.2 Å². The molecule has 0 spiro atoms. The fraction of sp³-hybridized carbons (Fsp3) is 0. The van der Waals surface area contributed by atoms with Gasteiger partial charge in [0.1, 0.15) is 0 Å². The maximum Gasteiger partial charge on any atom is 0.313 e. The van der Waals surface area contributed by atoms with Gasteiger partial charge >= 0.3 is 10.2 Å². The summed E-state index contributed by atoms with van der Waals surface area (Å²) in [6.45, 7) is 0. The lowest BCUT2D eigenvalue weighted by Crippen LogP contribution is -2.39. The van der Waals surface area contributed by atoms with E-state index in [-0.39, 0.29) is 6.41 Å². The zero-order valence-corrected chi connectivity index (χ0v) is 4.60. The quantitative estimate of drug-likeness (QED) is 0.227. The van der Waals surface area contributed by atoms with E-state index < -0.39 is 10.2 Å². The van der Waals surface area contributed by atoms with Crippen molar-refractivity contribution in [1.29, 1.82) is 0 Å². The Morgan fingerprint density at radius 2 is 2.00 bits per heavy atom. The van der Waals surface area contributed by atoms with Crippen molar-refractivity contribution >= 4 is 16.6 Å². The van der Waals surface area contributed by atoms with Crippen LogP contribution in [0.25, 0.3) is 0 Å². The molecule has 0 heterocycles. The smallest absolute Gasteiger partial charge is 0.278 e. The number of amides is 1. The minimum atomic E-state index is -3.76. The molecule has 0 aromatic heterocycles. The van der Waals surface area contributed by atoms with Crippen LogP contribution >= 0.6 is 0 Å². The summed E-state index contributed by atoms with van der Waals surface area (Å²) in [6.07, 6.45) is 0.00912. The summed E-state index contributed by atoms with van der Waals surface area (Å²) < 4.78 is 21.5. The number of carbonyl (C=O) groups excluding carboxylic acids is 1.